The molecule has 0 saturated carbocycles. The summed E-state index contributed by atoms with van der Waals surface area (Å²) in [6.07, 6.45) is 3.65. The van der Waals surface area contributed by atoms with E-state index in [0.717, 1.165) is 24.9 Å². The molecule has 2 aromatic rings. The summed E-state index contributed by atoms with van der Waals surface area (Å²) in [5.41, 5.74) is 0.995. The number of aromatic nitrogens is 1. The average Bonchev–Trinajstić information content (AvgIpc) is 2.61. The van der Waals surface area contributed by atoms with Gasteiger partial charge in [0.1, 0.15) is 0 Å². The zero-order valence-electron chi connectivity index (χ0n) is 15.4. The molecule has 0 bridgehead atoms. The molecule has 1 aromatic carbocycles. The lowest BCUT2D eigenvalue weighted by Crippen LogP contribution is -2.39. The minimum atomic E-state index is -0.00568. The lowest BCUT2D eigenvalue weighted by Gasteiger charge is -2.19. The number of aliphatic imine (C=N–C) groups is 1. The third kappa shape index (κ3) is 7.71. The number of hydrogen-bond donors (Lipinski definition) is 2. The van der Waals surface area contributed by atoms with Crippen LogP contribution in [0.2, 0.25) is 10.0 Å². The van der Waals surface area contributed by atoms with E-state index < -0.39 is 0 Å². The first-order valence-electron chi connectivity index (χ1n) is 8.59. The van der Waals surface area contributed by atoms with Crippen LogP contribution in [0.3, 0.4) is 0 Å². The molecule has 0 saturated heterocycles. The smallest absolute Gasteiger partial charge is 0.250 e. The first-order chi connectivity index (χ1) is 12.5. The zero-order chi connectivity index (χ0) is 18.9. The molecule has 2 N–H and O–H groups in total. The maximum atomic E-state index is 11.6. The lowest BCUT2D eigenvalue weighted by molar-refractivity contribution is 0.582. The summed E-state index contributed by atoms with van der Waals surface area (Å²) in [7, 11) is 1.73. The Morgan fingerprint density at radius 3 is 2.67 bits per heavy atom. The Hall–Kier alpha value is -1.25. The molecule has 2 rings (SSSR count). The second-order valence-corrected chi connectivity index (χ2v) is 6.81. The summed E-state index contributed by atoms with van der Waals surface area (Å²) in [4.78, 5) is 15.9. The van der Waals surface area contributed by atoms with E-state index in [1.165, 1.54) is 0 Å². The summed E-state index contributed by atoms with van der Waals surface area (Å²) in [6, 6.07) is 10.7. The number of nitrogens with one attached hydrogen (secondary N) is 2. The van der Waals surface area contributed by atoms with Gasteiger partial charge in [0.15, 0.2) is 5.96 Å². The van der Waals surface area contributed by atoms with Crippen molar-refractivity contribution in [3.63, 3.8) is 0 Å². The molecule has 1 heterocycles. The molecule has 27 heavy (non-hydrogen) atoms. The van der Waals surface area contributed by atoms with E-state index in [4.69, 9.17) is 23.2 Å². The van der Waals surface area contributed by atoms with E-state index in [0.29, 0.717) is 22.5 Å². The summed E-state index contributed by atoms with van der Waals surface area (Å²) in [6.45, 7) is 3.50. The maximum absolute atomic E-state index is 11.6. The average molecular weight is 523 g/mol. The van der Waals surface area contributed by atoms with E-state index in [9.17, 15) is 4.79 Å². The molecule has 0 radical (unpaired) electrons. The first kappa shape index (κ1) is 23.8. The van der Waals surface area contributed by atoms with Crippen LogP contribution in [0.4, 0.5) is 0 Å². The van der Waals surface area contributed by atoms with Crippen LogP contribution in [0.15, 0.2) is 52.4 Å². The second-order valence-electron chi connectivity index (χ2n) is 5.97. The molecule has 0 aliphatic carbocycles. The van der Waals surface area contributed by atoms with Crippen LogP contribution >= 0.6 is 47.2 Å². The molecule has 1 unspecified atom stereocenters. The van der Waals surface area contributed by atoms with Crippen LogP contribution < -0.4 is 16.2 Å². The van der Waals surface area contributed by atoms with Crippen molar-refractivity contribution in [2.75, 3.05) is 13.6 Å². The van der Waals surface area contributed by atoms with Gasteiger partial charge < -0.3 is 15.2 Å². The Morgan fingerprint density at radius 1 is 1.22 bits per heavy atom. The molecule has 0 amide bonds. The lowest BCUT2D eigenvalue weighted by atomic mass is 10.1. The fourth-order valence-corrected chi connectivity index (χ4v) is 3.16. The summed E-state index contributed by atoms with van der Waals surface area (Å²) in [5, 5.41) is 7.84. The van der Waals surface area contributed by atoms with Crippen molar-refractivity contribution in [3.05, 3.63) is 68.6 Å². The Bertz CT molecular complexity index is 810. The molecule has 0 fully saturated rings. The van der Waals surface area contributed by atoms with Crippen LogP contribution in [0, 0.1) is 0 Å². The molecule has 0 aliphatic heterocycles. The number of halogens is 3. The third-order valence-electron chi connectivity index (χ3n) is 4.02. The standard InChI is InChI=1S/C19H24Cl2N4O.HI/c1-14(16-9-8-15(20)13-17(16)21)24-19(22-2)23-10-4-6-12-25-11-5-3-7-18(25)26;/h3,5,7-9,11,13-14H,4,6,10,12H2,1-2H3,(H2,22,23,24);1H. The zero-order valence-corrected chi connectivity index (χ0v) is 19.3. The normalized spacial score (nSPS) is 12.2. The van der Waals surface area contributed by atoms with Crippen LogP contribution in [0.5, 0.6) is 0 Å². The first-order valence-corrected chi connectivity index (χ1v) is 9.34. The molecule has 0 spiro atoms. The second kappa shape index (κ2) is 12.3. The van der Waals surface area contributed by atoms with Crippen molar-refractivity contribution >= 4 is 53.1 Å². The van der Waals surface area contributed by atoms with Crippen LogP contribution in [0.1, 0.15) is 31.4 Å². The van der Waals surface area contributed by atoms with Crippen LogP contribution in [-0.2, 0) is 6.54 Å². The highest BCUT2D eigenvalue weighted by molar-refractivity contribution is 14.0. The molecular formula is C19H25Cl2IN4O. The monoisotopic (exact) mass is 522 g/mol. The van der Waals surface area contributed by atoms with Gasteiger partial charge in [0.2, 0.25) is 5.56 Å². The highest BCUT2D eigenvalue weighted by Gasteiger charge is 2.11. The van der Waals surface area contributed by atoms with Crippen molar-refractivity contribution in [3.8, 4) is 0 Å². The van der Waals surface area contributed by atoms with Gasteiger partial charge in [0, 0.05) is 42.4 Å². The minimum absolute atomic E-state index is 0. The van der Waals surface area contributed by atoms with Gasteiger partial charge in [-0.25, -0.2) is 0 Å². The Balaban J connectivity index is 0.00000364. The molecule has 5 nitrogen and oxygen atoms in total. The topological polar surface area (TPSA) is 58.4 Å². The van der Waals surface area contributed by atoms with Gasteiger partial charge in [-0.2, -0.15) is 0 Å². The van der Waals surface area contributed by atoms with Gasteiger partial charge in [-0.15, -0.1) is 24.0 Å². The molecule has 1 aromatic heterocycles. The summed E-state index contributed by atoms with van der Waals surface area (Å²) < 4.78 is 1.72. The molecule has 1 atom stereocenters. The predicted octanol–water partition coefficient (Wildman–Crippen LogP) is 4.48. The molecular weight excluding hydrogens is 498 g/mol. The largest absolute Gasteiger partial charge is 0.356 e. The van der Waals surface area contributed by atoms with Crippen molar-refractivity contribution in [1.82, 2.24) is 15.2 Å². The van der Waals surface area contributed by atoms with E-state index in [1.54, 1.807) is 29.8 Å². The number of unbranched alkanes of at least 4 members (excludes halogenated alkanes) is 1. The quantitative estimate of drug-likeness (QED) is 0.244. The fourth-order valence-electron chi connectivity index (χ4n) is 2.59. The maximum Gasteiger partial charge on any atom is 0.250 e. The molecule has 8 heteroatoms. The number of nitrogens with zero attached hydrogens (tertiary/aromatic N) is 2. The fraction of sp³-hybridized carbons (Fsp3) is 0.368. The highest BCUT2D eigenvalue weighted by atomic mass is 127. The van der Waals surface area contributed by atoms with Crippen LogP contribution in [-0.4, -0.2) is 24.1 Å². The van der Waals surface area contributed by atoms with Gasteiger partial charge in [0.05, 0.1) is 6.04 Å². The highest BCUT2D eigenvalue weighted by Crippen LogP contribution is 2.25. The van der Waals surface area contributed by atoms with Crippen molar-refractivity contribution in [1.29, 1.82) is 0 Å². The number of pyridine rings is 1. The Labute approximate surface area is 187 Å². The van der Waals surface area contributed by atoms with Gasteiger partial charge in [-0.1, -0.05) is 35.3 Å². The number of hydrogen-bond acceptors (Lipinski definition) is 2. The van der Waals surface area contributed by atoms with Gasteiger partial charge in [-0.3, -0.25) is 9.79 Å². The number of guanidine groups is 1. The minimum Gasteiger partial charge on any atom is -0.356 e. The van der Waals surface area contributed by atoms with E-state index in [-0.39, 0.29) is 35.6 Å². The van der Waals surface area contributed by atoms with E-state index >= 15 is 0 Å². The molecule has 148 valence electrons. The van der Waals surface area contributed by atoms with Gasteiger partial charge in [-0.05, 0) is 43.5 Å². The van der Waals surface area contributed by atoms with Gasteiger partial charge >= 0.3 is 0 Å². The predicted molar refractivity (Wildman–Crippen MR) is 125 cm³/mol. The summed E-state index contributed by atoms with van der Waals surface area (Å²) in [5.74, 6) is 0.709. The van der Waals surface area contributed by atoms with Crippen molar-refractivity contribution < 1.29 is 0 Å². The number of rotatable bonds is 7. The van der Waals surface area contributed by atoms with Crippen molar-refractivity contribution in [2.24, 2.45) is 4.99 Å². The van der Waals surface area contributed by atoms with E-state index in [2.05, 4.69) is 15.6 Å². The molecule has 0 aliphatic rings. The van der Waals surface area contributed by atoms with Gasteiger partial charge in [0.25, 0.3) is 0 Å². The SMILES string of the molecule is CN=C(NCCCCn1ccccc1=O)NC(C)c1ccc(Cl)cc1Cl.I. The van der Waals surface area contributed by atoms with Crippen LogP contribution in [0.25, 0.3) is 0 Å². The van der Waals surface area contributed by atoms with Crippen molar-refractivity contribution in [2.45, 2.75) is 32.4 Å². The third-order valence-corrected chi connectivity index (χ3v) is 4.59. The Kier molecular flexibility index (Phi) is 10.8. The Morgan fingerprint density at radius 2 is 2.00 bits per heavy atom. The number of benzene rings is 1. The summed E-state index contributed by atoms with van der Waals surface area (Å²) >= 11 is 12.2. The number of aryl methyl sites for hydroxylation is 1. The van der Waals surface area contributed by atoms with E-state index in [1.807, 2.05) is 31.3 Å².